The van der Waals surface area contributed by atoms with Crippen molar-refractivity contribution in [3.63, 3.8) is 0 Å². The van der Waals surface area contributed by atoms with Gasteiger partial charge in [0.15, 0.2) is 0 Å². The molecule has 6 heteroatoms. The Bertz CT molecular complexity index is 796. The fourth-order valence-electron chi connectivity index (χ4n) is 4.93. The van der Waals surface area contributed by atoms with E-state index in [0.717, 1.165) is 56.4 Å². The number of piperidine rings is 1. The lowest BCUT2D eigenvalue weighted by atomic mass is 9.94. The van der Waals surface area contributed by atoms with Crippen molar-refractivity contribution < 1.29 is 19.4 Å². The zero-order valence-electron chi connectivity index (χ0n) is 17.1. The van der Waals surface area contributed by atoms with Gasteiger partial charge in [0.25, 0.3) is 11.8 Å². The third-order valence-electron chi connectivity index (χ3n) is 6.50. The molecule has 1 N–H and O–H groups in total. The van der Waals surface area contributed by atoms with E-state index in [4.69, 9.17) is 4.74 Å². The maximum Gasteiger partial charge on any atom is 0.278 e. The first-order valence-corrected chi connectivity index (χ1v) is 10.8. The highest BCUT2D eigenvalue weighted by atomic mass is 16.5. The van der Waals surface area contributed by atoms with Crippen molar-refractivity contribution >= 4 is 17.4 Å². The van der Waals surface area contributed by atoms with Crippen LogP contribution in [0.25, 0.3) is 5.57 Å². The minimum absolute atomic E-state index is 0.00655. The second kappa shape index (κ2) is 8.57. The van der Waals surface area contributed by atoms with Crippen LogP contribution in [0.3, 0.4) is 0 Å². The van der Waals surface area contributed by atoms with Gasteiger partial charge in [-0.25, -0.2) is 0 Å². The molecule has 156 valence electrons. The van der Waals surface area contributed by atoms with Gasteiger partial charge >= 0.3 is 0 Å². The number of hydrogen-bond acceptors (Lipinski definition) is 5. The molecule has 2 fully saturated rings. The zero-order valence-corrected chi connectivity index (χ0v) is 17.1. The Morgan fingerprint density at radius 1 is 1.00 bits per heavy atom. The maximum absolute atomic E-state index is 13.5. The van der Waals surface area contributed by atoms with Crippen LogP contribution in [0.2, 0.25) is 0 Å². The van der Waals surface area contributed by atoms with Crippen LogP contribution in [0.4, 0.5) is 0 Å². The van der Waals surface area contributed by atoms with Crippen molar-refractivity contribution in [3.8, 4) is 5.75 Å². The molecule has 0 aromatic heterocycles. The minimum Gasteiger partial charge on any atom is -0.497 e. The Kier molecular flexibility index (Phi) is 5.90. The topological polar surface area (TPSA) is 70.1 Å². The second-order valence-electron chi connectivity index (χ2n) is 8.36. The number of imide groups is 1. The summed E-state index contributed by atoms with van der Waals surface area (Å²) < 4.78 is 5.25. The average Bonchev–Trinajstić information content (AvgIpc) is 3.04. The molecule has 1 aliphatic carbocycles. The lowest BCUT2D eigenvalue weighted by Gasteiger charge is -2.35. The van der Waals surface area contributed by atoms with E-state index < -0.39 is 0 Å². The Hall–Kier alpha value is -2.34. The summed E-state index contributed by atoms with van der Waals surface area (Å²) in [5.74, 6) is 0.523. The van der Waals surface area contributed by atoms with Gasteiger partial charge < -0.3 is 14.7 Å². The number of aliphatic hydroxyl groups is 1. The van der Waals surface area contributed by atoms with E-state index in [1.807, 2.05) is 29.2 Å². The van der Waals surface area contributed by atoms with Crippen LogP contribution in [0.1, 0.15) is 50.5 Å². The fraction of sp³-hybridized carbons (Fsp3) is 0.565. The molecule has 4 rings (SSSR count). The molecule has 6 nitrogen and oxygen atoms in total. The number of likely N-dealkylation sites (tertiary alicyclic amines) is 1. The van der Waals surface area contributed by atoms with Crippen LogP contribution in [-0.4, -0.2) is 59.6 Å². The number of carbonyl (C=O) groups excluding carboxylic acids is 2. The van der Waals surface area contributed by atoms with Gasteiger partial charge in [-0.3, -0.25) is 14.5 Å². The number of ether oxygens (including phenoxy) is 1. The van der Waals surface area contributed by atoms with Crippen molar-refractivity contribution in [1.29, 1.82) is 0 Å². The van der Waals surface area contributed by atoms with E-state index in [1.165, 1.54) is 11.3 Å². The third kappa shape index (κ3) is 3.78. The Labute approximate surface area is 172 Å². The number of aliphatic hydroxyl groups excluding tert-OH is 1. The molecule has 1 aromatic carbocycles. The van der Waals surface area contributed by atoms with Gasteiger partial charge in [0.1, 0.15) is 11.4 Å². The SMILES string of the molecule is COc1ccc(C2=C(N3CCCC(CO)C3)C(=O)N(C3CCCCC3)C2=O)cc1. The van der Waals surface area contributed by atoms with Gasteiger partial charge in [-0.05, 0) is 49.3 Å². The Morgan fingerprint density at radius 3 is 2.38 bits per heavy atom. The fourth-order valence-corrected chi connectivity index (χ4v) is 4.93. The zero-order chi connectivity index (χ0) is 20.4. The predicted octanol–water partition coefficient (Wildman–Crippen LogP) is 2.81. The molecule has 2 amide bonds. The summed E-state index contributed by atoms with van der Waals surface area (Å²) in [6.07, 6.45) is 6.93. The Balaban J connectivity index is 1.73. The molecule has 3 aliphatic rings. The molecule has 0 bridgehead atoms. The molecular weight excluding hydrogens is 368 g/mol. The highest BCUT2D eigenvalue weighted by Crippen LogP contribution is 2.37. The van der Waals surface area contributed by atoms with Crippen molar-refractivity contribution in [2.24, 2.45) is 5.92 Å². The summed E-state index contributed by atoms with van der Waals surface area (Å²) >= 11 is 0. The van der Waals surface area contributed by atoms with Crippen molar-refractivity contribution in [2.45, 2.75) is 51.0 Å². The van der Waals surface area contributed by atoms with Crippen molar-refractivity contribution in [3.05, 3.63) is 35.5 Å². The highest BCUT2D eigenvalue weighted by Gasteiger charge is 2.45. The standard InChI is InChI=1S/C23H30N2O4/c1-29-19-11-9-17(10-12-19)20-21(24-13-5-6-16(14-24)15-26)23(28)25(22(20)27)18-7-3-2-4-8-18/h9-12,16,18,26H,2-8,13-15H2,1H3. The van der Waals surface area contributed by atoms with Gasteiger partial charge in [-0.2, -0.15) is 0 Å². The van der Waals surface area contributed by atoms with E-state index >= 15 is 0 Å². The maximum atomic E-state index is 13.5. The van der Waals surface area contributed by atoms with E-state index in [2.05, 4.69) is 0 Å². The first-order chi connectivity index (χ1) is 14.1. The summed E-state index contributed by atoms with van der Waals surface area (Å²) in [5.41, 5.74) is 1.77. The molecule has 1 atom stereocenters. The summed E-state index contributed by atoms with van der Waals surface area (Å²) in [4.78, 5) is 30.6. The van der Waals surface area contributed by atoms with Crippen LogP contribution in [0.15, 0.2) is 30.0 Å². The summed E-state index contributed by atoms with van der Waals surface area (Å²) in [6, 6.07) is 7.36. The molecule has 29 heavy (non-hydrogen) atoms. The number of methoxy groups -OCH3 is 1. The summed E-state index contributed by atoms with van der Waals surface area (Å²) in [5, 5.41) is 9.65. The van der Waals surface area contributed by atoms with Crippen LogP contribution < -0.4 is 4.74 Å². The largest absolute Gasteiger partial charge is 0.497 e. The average molecular weight is 399 g/mol. The number of rotatable bonds is 5. The number of benzene rings is 1. The van der Waals surface area contributed by atoms with Crippen LogP contribution in [0, 0.1) is 5.92 Å². The number of carbonyl (C=O) groups is 2. The van der Waals surface area contributed by atoms with Crippen LogP contribution in [0.5, 0.6) is 5.75 Å². The van der Waals surface area contributed by atoms with Crippen molar-refractivity contribution in [2.75, 3.05) is 26.8 Å². The van der Waals surface area contributed by atoms with Crippen LogP contribution >= 0.6 is 0 Å². The molecule has 2 aliphatic heterocycles. The molecule has 1 saturated carbocycles. The van der Waals surface area contributed by atoms with E-state index in [0.29, 0.717) is 17.8 Å². The Morgan fingerprint density at radius 2 is 1.72 bits per heavy atom. The quantitative estimate of drug-likeness (QED) is 0.773. The first kappa shape index (κ1) is 20.0. The van der Waals surface area contributed by atoms with Crippen molar-refractivity contribution in [1.82, 2.24) is 9.80 Å². The monoisotopic (exact) mass is 398 g/mol. The number of hydrogen-bond donors (Lipinski definition) is 1. The van der Waals surface area contributed by atoms with Gasteiger partial charge in [-0.1, -0.05) is 31.4 Å². The molecule has 1 aromatic rings. The lowest BCUT2D eigenvalue weighted by molar-refractivity contribution is -0.141. The second-order valence-corrected chi connectivity index (χ2v) is 8.36. The first-order valence-electron chi connectivity index (χ1n) is 10.8. The van der Waals surface area contributed by atoms with E-state index in [-0.39, 0.29) is 30.4 Å². The van der Waals surface area contributed by atoms with E-state index in [9.17, 15) is 14.7 Å². The van der Waals surface area contributed by atoms with Gasteiger partial charge in [0.2, 0.25) is 0 Å². The molecule has 2 heterocycles. The normalized spacial score (nSPS) is 23.9. The molecule has 1 saturated heterocycles. The van der Waals surface area contributed by atoms with Gasteiger partial charge in [0, 0.05) is 25.7 Å². The lowest BCUT2D eigenvalue weighted by Crippen LogP contribution is -2.45. The molecule has 0 spiro atoms. The third-order valence-corrected chi connectivity index (χ3v) is 6.50. The number of nitrogens with zero attached hydrogens (tertiary/aromatic N) is 2. The molecular formula is C23H30N2O4. The minimum atomic E-state index is -0.173. The smallest absolute Gasteiger partial charge is 0.278 e. The highest BCUT2D eigenvalue weighted by molar-refractivity contribution is 6.35. The summed E-state index contributed by atoms with van der Waals surface area (Å²) in [7, 11) is 1.61. The van der Waals surface area contributed by atoms with Gasteiger partial charge in [-0.15, -0.1) is 0 Å². The molecule has 1 unspecified atom stereocenters. The predicted molar refractivity (Wildman–Crippen MR) is 110 cm³/mol. The summed E-state index contributed by atoms with van der Waals surface area (Å²) in [6.45, 7) is 1.46. The molecule has 0 radical (unpaired) electrons. The van der Waals surface area contributed by atoms with Crippen LogP contribution in [-0.2, 0) is 9.59 Å². The van der Waals surface area contributed by atoms with Gasteiger partial charge in [0.05, 0.1) is 12.7 Å². The number of amides is 2. The van der Waals surface area contributed by atoms with E-state index in [1.54, 1.807) is 7.11 Å².